The highest BCUT2D eigenvalue weighted by Gasteiger charge is 2.48. The maximum absolute atomic E-state index is 12.9. The minimum absolute atomic E-state index is 0.00181. The summed E-state index contributed by atoms with van der Waals surface area (Å²) >= 11 is 0. The van der Waals surface area contributed by atoms with E-state index in [1.165, 1.54) is 20.8 Å². The van der Waals surface area contributed by atoms with Crippen molar-refractivity contribution in [1.29, 1.82) is 0 Å². The van der Waals surface area contributed by atoms with Gasteiger partial charge >= 0.3 is 0 Å². The fourth-order valence-electron chi connectivity index (χ4n) is 11.2. The van der Waals surface area contributed by atoms with Gasteiger partial charge in [0.05, 0.1) is 65.0 Å². The van der Waals surface area contributed by atoms with Gasteiger partial charge in [0.25, 0.3) is 0 Å². The fraction of sp³-hybridized carbons (Fsp3) is 0.877. The Morgan fingerprint density at radius 1 is 0.392 bits per heavy atom. The van der Waals surface area contributed by atoms with Crippen LogP contribution >= 0.6 is 0 Å². The molecule has 3 fully saturated rings. The maximum Gasteiger partial charge on any atom is 0.222 e. The molecule has 0 bridgehead atoms. The van der Waals surface area contributed by atoms with E-state index < -0.39 is 147 Å². The van der Waals surface area contributed by atoms with Gasteiger partial charge in [-0.2, -0.15) is 0 Å². The van der Waals surface area contributed by atoms with E-state index >= 15 is 0 Å². The van der Waals surface area contributed by atoms with Crippen LogP contribution in [0.1, 0.15) is 138 Å². The molecular formula is C65H120N10O27. The summed E-state index contributed by atoms with van der Waals surface area (Å²) in [6, 6.07) is -3.22. The molecule has 592 valence electrons. The van der Waals surface area contributed by atoms with Crippen LogP contribution in [0.5, 0.6) is 0 Å². The van der Waals surface area contributed by atoms with E-state index in [-0.39, 0.29) is 141 Å². The zero-order chi connectivity index (χ0) is 75.6. The van der Waals surface area contributed by atoms with Gasteiger partial charge in [-0.1, -0.05) is 0 Å². The molecule has 20 N–H and O–H groups in total. The Kier molecular flexibility index (Phi) is 45.0. The maximum atomic E-state index is 12.9. The van der Waals surface area contributed by atoms with E-state index in [4.69, 9.17) is 42.6 Å². The molecule has 0 spiro atoms. The molecule has 10 unspecified atom stereocenters. The van der Waals surface area contributed by atoms with Crippen LogP contribution in [-0.4, -0.2) is 326 Å². The number of unbranched alkanes of at least 4 members (excludes halogenated alkanes) is 3. The van der Waals surface area contributed by atoms with Crippen molar-refractivity contribution in [1.82, 2.24) is 53.2 Å². The van der Waals surface area contributed by atoms with Crippen molar-refractivity contribution in [2.75, 3.05) is 119 Å². The van der Waals surface area contributed by atoms with Crippen molar-refractivity contribution in [2.24, 2.45) is 0 Å². The molecular weight excluding hydrogens is 1350 g/mol. The Labute approximate surface area is 596 Å². The molecule has 102 heavy (non-hydrogen) atoms. The van der Waals surface area contributed by atoms with E-state index in [2.05, 4.69) is 53.2 Å². The van der Waals surface area contributed by atoms with Gasteiger partial charge in [0.1, 0.15) is 79.3 Å². The first kappa shape index (κ1) is 91.1. The highest BCUT2D eigenvalue weighted by molar-refractivity contribution is 5.78. The van der Waals surface area contributed by atoms with Gasteiger partial charge < -0.3 is 142 Å². The number of carbonyl (C=O) groups is 8. The number of rotatable bonds is 53. The highest BCUT2D eigenvalue weighted by Crippen LogP contribution is 2.26. The molecule has 16 atom stereocenters. The van der Waals surface area contributed by atoms with Crippen LogP contribution in [0.3, 0.4) is 0 Å². The lowest BCUT2D eigenvalue weighted by Gasteiger charge is -2.42. The van der Waals surface area contributed by atoms with Crippen molar-refractivity contribution < 1.29 is 132 Å². The fourth-order valence-corrected chi connectivity index (χ4v) is 11.2. The van der Waals surface area contributed by atoms with Crippen LogP contribution in [0.15, 0.2) is 0 Å². The zero-order valence-corrected chi connectivity index (χ0v) is 60.0. The monoisotopic (exact) mass is 1470 g/mol. The van der Waals surface area contributed by atoms with E-state index in [1.54, 1.807) is 0 Å². The van der Waals surface area contributed by atoms with Gasteiger partial charge in [0, 0.05) is 117 Å². The molecule has 0 aliphatic carbocycles. The van der Waals surface area contributed by atoms with Crippen LogP contribution in [0.4, 0.5) is 0 Å². The molecule has 37 nitrogen and oxygen atoms in total. The second kappa shape index (κ2) is 50.4. The Morgan fingerprint density at radius 3 is 0.980 bits per heavy atom. The van der Waals surface area contributed by atoms with Gasteiger partial charge in [-0.25, -0.2) is 0 Å². The average molecular weight is 1470 g/mol. The minimum Gasteiger partial charge on any atom is -0.394 e. The van der Waals surface area contributed by atoms with Crippen LogP contribution in [-0.2, 0) is 81.0 Å². The van der Waals surface area contributed by atoms with Crippen molar-refractivity contribution in [2.45, 2.75) is 247 Å². The third kappa shape index (κ3) is 36.8. The standard InChI is InChI=1S/C65H120N10O27/c1-40(79)72-52-58(91)55(88)43(34-76)100-61(52)97-28-10-7-16-46(82)66-22-13-25-69-49(85)19-31-94-37-65(75-64(4,5)6,38-95-32-20-50(86)70-26-14-23-67-47(83)17-8-11-29-98-62-53(73-41(2)80)59(92)56(89)44(35-77)101-62)39-96-33-21-51(87)71-27-15-24-68-48(84)18-9-12-30-99-63-54(74-42(3)81)60(93)57(90)45(36-78)102-63/h43-45,49,52-63,69,75-78,85,88-93H,7-39H2,1-6H3,(H,66,82)(H,67,83)(H,68,84)(H,70,86)(H,71,87)(H,72,79)(H,73,80)(H,74,81)/t43?,44?,45?,49?,52?,53?,54?,55-,56-,57-,58?,59?,60?,61-,62-,63-,65?/m1/s1. The molecule has 37 heteroatoms. The Hall–Kier alpha value is -5.08. The summed E-state index contributed by atoms with van der Waals surface area (Å²) < 4.78 is 52.2. The van der Waals surface area contributed by atoms with E-state index in [9.17, 15) is 89.4 Å². The summed E-state index contributed by atoms with van der Waals surface area (Å²) in [5.74, 6) is -2.66. The number of hydrogen-bond donors (Lipinski definition) is 20. The molecule has 3 heterocycles. The minimum atomic E-state index is -1.44. The second-order valence-corrected chi connectivity index (χ2v) is 26.7. The number of amides is 8. The number of aliphatic hydroxyl groups is 10. The molecule has 3 aliphatic rings. The Morgan fingerprint density at radius 2 is 0.686 bits per heavy atom. The molecule has 3 saturated heterocycles. The smallest absolute Gasteiger partial charge is 0.222 e. The van der Waals surface area contributed by atoms with E-state index in [1.807, 2.05) is 20.8 Å². The second-order valence-electron chi connectivity index (χ2n) is 26.7. The SMILES string of the molecule is CC(=O)NC1C(O)[C@H](O)C(CO)O[C@H]1OCCCCC(=O)NCCCNC(=O)CCOCC(COCCC(=O)NCCCNC(=O)CCCCO[C@@H]1OC(CO)[C@@H](O)C(O)C1NC(C)=O)(COCCC(O)NCCCNC(=O)CCCCO[C@@H]1OC(CO)[C@@H](O)C(O)C1NC(C)=O)NC(C)(C)C. The highest BCUT2D eigenvalue weighted by atomic mass is 16.7. The third-order valence-electron chi connectivity index (χ3n) is 16.3. The van der Waals surface area contributed by atoms with Crippen molar-refractivity contribution in [3.8, 4) is 0 Å². The largest absolute Gasteiger partial charge is 0.394 e. The summed E-state index contributed by atoms with van der Waals surface area (Å²) in [5.41, 5.74) is -1.56. The summed E-state index contributed by atoms with van der Waals surface area (Å²) in [5, 5.41) is 130. The van der Waals surface area contributed by atoms with E-state index in [0.29, 0.717) is 84.0 Å². The van der Waals surface area contributed by atoms with Crippen LogP contribution in [0, 0.1) is 0 Å². The topological polar surface area (TPSA) is 542 Å². The summed E-state index contributed by atoms with van der Waals surface area (Å²) in [6.45, 7) is 10.1. The number of ether oxygens (including phenoxy) is 9. The molecule has 0 aromatic heterocycles. The van der Waals surface area contributed by atoms with Crippen LogP contribution in [0.2, 0.25) is 0 Å². The Balaban J connectivity index is 1.42. The summed E-state index contributed by atoms with van der Waals surface area (Å²) in [4.78, 5) is 98.5. The number of carbonyl (C=O) groups excluding carboxylic acids is 8. The summed E-state index contributed by atoms with van der Waals surface area (Å²) in [7, 11) is 0. The first-order valence-electron chi connectivity index (χ1n) is 35.3. The lowest BCUT2D eigenvalue weighted by molar-refractivity contribution is -0.270. The van der Waals surface area contributed by atoms with Gasteiger partial charge in [0.15, 0.2) is 18.9 Å². The lowest BCUT2D eigenvalue weighted by atomic mass is 9.97. The average Bonchev–Trinajstić information content (AvgIpc) is 0.828. The quantitative estimate of drug-likeness (QED) is 0.0199. The zero-order valence-electron chi connectivity index (χ0n) is 60.0. The number of aliphatic hydroxyl groups excluding tert-OH is 10. The first-order chi connectivity index (χ1) is 48.5. The third-order valence-corrected chi connectivity index (χ3v) is 16.3. The van der Waals surface area contributed by atoms with Gasteiger partial charge in [-0.15, -0.1) is 0 Å². The molecule has 3 rings (SSSR count). The predicted octanol–water partition coefficient (Wildman–Crippen LogP) is -6.62. The molecule has 0 radical (unpaired) electrons. The van der Waals surface area contributed by atoms with Crippen molar-refractivity contribution in [3.05, 3.63) is 0 Å². The summed E-state index contributed by atoms with van der Waals surface area (Å²) in [6.07, 6.45) is -11.7. The van der Waals surface area contributed by atoms with Crippen LogP contribution in [0.25, 0.3) is 0 Å². The number of hydrogen-bond acceptors (Lipinski definition) is 29. The molecule has 0 saturated carbocycles. The molecule has 0 aromatic rings. The predicted molar refractivity (Wildman–Crippen MR) is 360 cm³/mol. The molecule has 3 aliphatic heterocycles. The first-order valence-corrected chi connectivity index (χ1v) is 35.3. The molecule has 0 aromatic carbocycles. The van der Waals surface area contributed by atoms with Gasteiger partial charge in [0.2, 0.25) is 47.3 Å². The normalized spacial score (nSPS) is 26.0. The molecule has 8 amide bonds. The van der Waals surface area contributed by atoms with Crippen LogP contribution < -0.4 is 53.2 Å². The van der Waals surface area contributed by atoms with Crippen molar-refractivity contribution >= 4 is 47.3 Å². The van der Waals surface area contributed by atoms with Gasteiger partial charge in [-0.05, 0) is 85.1 Å². The van der Waals surface area contributed by atoms with Crippen molar-refractivity contribution in [3.63, 3.8) is 0 Å². The van der Waals surface area contributed by atoms with E-state index in [0.717, 1.165) is 0 Å². The van der Waals surface area contributed by atoms with Gasteiger partial charge in [-0.3, -0.25) is 43.7 Å². The number of nitrogens with one attached hydrogen (secondary N) is 10. The lowest BCUT2D eigenvalue weighted by Crippen LogP contribution is -2.64. The Bertz CT molecular complexity index is 2330.